The molecule has 0 radical (unpaired) electrons. The third-order valence-corrected chi connectivity index (χ3v) is 3.93. The molecule has 18 heavy (non-hydrogen) atoms. The molecule has 1 unspecified atom stereocenters. The molecule has 1 N–H and O–H groups in total. The van der Waals surface area contributed by atoms with Crippen molar-refractivity contribution in [2.45, 2.75) is 38.3 Å². The van der Waals surface area contributed by atoms with Crippen LogP contribution < -0.4 is 0 Å². The Kier molecular flexibility index (Phi) is 3.07. The van der Waals surface area contributed by atoms with Gasteiger partial charge in [-0.15, -0.1) is 0 Å². The molecule has 5 heteroatoms. The van der Waals surface area contributed by atoms with Gasteiger partial charge < -0.3 is 9.67 Å². The quantitative estimate of drug-likeness (QED) is 0.879. The maximum absolute atomic E-state index is 11.0. The monoisotopic (exact) mass is 249 g/mol. The van der Waals surface area contributed by atoms with Crippen LogP contribution in [0.1, 0.15) is 37.4 Å². The Morgan fingerprint density at radius 1 is 1.44 bits per heavy atom. The number of carbonyl (C=O) groups is 1. The highest BCUT2D eigenvalue weighted by atomic mass is 16.4. The number of nitrogens with zero attached hydrogens (tertiary/aromatic N) is 3. The molecular formula is C13H19N3O2. The lowest BCUT2D eigenvalue weighted by Gasteiger charge is -2.30. The standard InChI is InChI=1S/C13H19N3O2/c17-13(18)10-2-1-5-15(7-10)8-12-6-14-9-16(12)11-3-4-11/h6,9-11H,1-5,7-8H2,(H,17,18). The largest absolute Gasteiger partial charge is 0.481 e. The van der Waals surface area contributed by atoms with Crippen LogP contribution in [0.3, 0.4) is 0 Å². The molecule has 98 valence electrons. The number of aliphatic carboxylic acids is 1. The topological polar surface area (TPSA) is 58.4 Å². The first-order chi connectivity index (χ1) is 8.74. The van der Waals surface area contributed by atoms with Crippen molar-refractivity contribution in [2.75, 3.05) is 13.1 Å². The predicted molar refractivity (Wildman–Crippen MR) is 66.1 cm³/mol. The van der Waals surface area contributed by atoms with Crippen LogP contribution in [0.15, 0.2) is 12.5 Å². The van der Waals surface area contributed by atoms with Gasteiger partial charge in [0.1, 0.15) is 0 Å². The second-order valence-electron chi connectivity index (χ2n) is 5.44. The molecule has 5 nitrogen and oxygen atoms in total. The second-order valence-corrected chi connectivity index (χ2v) is 5.44. The van der Waals surface area contributed by atoms with Crippen LogP contribution in [-0.2, 0) is 11.3 Å². The number of carboxylic acids is 1. The van der Waals surface area contributed by atoms with E-state index in [2.05, 4.69) is 14.5 Å². The number of imidazole rings is 1. The molecule has 1 aromatic heterocycles. The summed E-state index contributed by atoms with van der Waals surface area (Å²) in [4.78, 5) is 17.5. The van der Waals surface area contributed by atoms with E-state index in [0.717, 1.165) is 25.9 Å². The summed E-state index contributed by atoms with van der Waals surface area (Å²) < 4.78 is 2.25. The molecule has 1 atom stereocenters. The van der Waals surface area contributed by atoms with Crippen LogP contribution >= 0.6 is 0 Å². The first-order valence-corrected chi connectivity index (χ1v) is 6.70. The van der Waals surface area contributed by atoms with E-state index in [1.54, 1.807) is 0 Å². The summed E-state index contributed by atoms with van der Waals surface area (Å²) in [5.41, 5.74) is 1.23. The van der Waals surface area contributed by atoms with E-state index in [1.807, 2.05) is 12.5 Å². The van der Waals surface area contributed by atoms with E-state index in [9.17, 15) is 4.79 Å². The molecule has 0 amide bonds. The van der Waals surface area contributed by atoms with E-state index in [1.165, 1.54) is 18.5 Å². The van der Waals surface area contributed by atoms with Crippen LogP contribution in [0.25, 0.3) is 0 Å². The van der Waals surface area contributed by atoms with E-state index in [4.69, 9.17) is 5.11 Å². The summed E-state index contributed by atoms with van der Waals surface area (Å²) in [7, 11) is 0. The van der Waals surface area contributed by atoms with Gasteiger partial charge in [0, 0.05) is 25.3 Å². The number of aromatic nitrogens is 2. The highest BCUT2D eigenvalue weighted by molar-refractivity contribution is 5.70. The molecule has 3 rings (SSSR count). The SMILES string of the molecule is O=C(O)C1CCCN(Cc2cncn2C2CC2)C1. The number of piperidine rings is 1. The fourth-order valence-electron chi connectivity index (χ4n) is 2.77. The first-order valence-electron chi connectivity index (χ1n) is 6.70. The smallest absolute Gasteiger partial charge is 0.307 e. The zero-order valence-corrected chi connectivity index (χ0v) is 10.5. The highest BCUT2D eigenvalue weighted by Gasteiger charge is 2.28. The summed E-state index contributed by atoms with van der Waals surface area (Å²) >= 11 is 0. The molecule has 2 heterocycles. The molecule has 1 aliphatic heterocycles. The summed E-state index contributed by atoms with van der Waals surface area (Å²) in [6.45, 7) is 2.51. The summed E-state index contributed by atoms with van der Waals surface area (Å²) in [6.07, 6.45) is 8.12. The van der Waals surface area contributed by atoms with Crippen LogP contribution in [0.2, 0.25) is 0 Å². The molecule has 0 spiro atoms. The lowest BCUT2D eigenvalue weighted by Crippen LogP contribution is -2.38. The van der Waals surface area contributed by atoms with E-state index < -0.39 is 5.97 Å². The summed E-state index contributed by atoms with van der Waals surface area (Å²) in [6, 6.07) is 0.641. The van der Waals surface area contributed by atoms with Crippen LogP contribution in [0.4, 0.5) is 0 Å². The Labute approximate surface area is 106 Å². The van der Waals surface area contributed by atoms with Crippen molar-refractivity contribution in [3.8, 4) is 0 Å². The van der Waals surface area contributed by atoms with Crippen LogP contribution in [0.5, 0.6) is 0 Å². The van der Waals surface area contributed by atoms with Gasteiger partial charge >= 0.3 is 5.97 Å². The Morgan fingerprint density at radius 2 is 2.28 bits per heavy atom. The zero-order valence-electron chi connectivity index (χ0n) is 10.5. The molecule has 1 saturated carbocycles. The van der Waals surface area contributed by atoms with Gasteiger partial charge in [0.25, 0.3) is 0 Å². The third-order valence-electron chi connectivity index (χ3n) is 3.93. The van der Waals surface area contributed by atoms with E-state index >= 15 is 0 Å². The minimum atomic E-state index is -0.657. The van der Waals surface area contributed by atoms with Gasteiger partial charge in [0.15, 0.2) is 0 Å². The van der Waals surface area contributed by atoms with Gasteiger partial charge in [0.2, 0.25) is 0 Å². The van der Waals surface area contributed by atoms with Crippen molar-refractivity contribution in [1.82, 2.24) is 14.5 Å². The van der Waals surface area contributed by atoms with Crippen LogP contribution in [-0.4, -0.2) is 38.6 Å². The average molecular weight is 249 g/mol. The van der Waals surface area contributed by atoms with Crippen molar-refractivity contribution in [3.63, 3.8) is 0 Å². The van der Waals surface area contributed by atoms with Gasteiger partial charge in [-0.25, -0.2) is 4.98 Å². The number of hydrogen-bond donors (Lipinski definition) is 1. The van der Waals surface area contributed by atoms with Gasteiger partial charge in [-0.1, -0.05) is 0 Å². The maximum Gasteiger partial charge on any atom is 0.307 e. The minimum absolute atomic E-state index is 0.198. The maximum atomic E-state index is 11.0. The molecule has 2 fully saturated rings. The van der Waals surface area contributed by atoms with Crippen molar-refractivity contribution in [2.24, 2.45) is 5.92 Å². The molecular weight excluding hydrogens is 230 g/mol. The third kappa shape index (κ3) is 2.41. The normalized spacial score (nSPS) is 25.2. The Balaban J connectivity index is 1.64. The van der Waals surface area contributed by atoms with E-state index in [-0.39, 0.29) is 5.92 Å². The Bertz CT molecular complexity index is 439. The predicted octanol–water partition coefficient (Wildman–Crippen LogP) is 1.51. The molecule has 1 aliphatic carbocycles. The Morgan fingerprint density at radius 3 is 3.00 bits per heavy atom. The highest BCUT2D eigenvalue weighted by Crippen LogP contribution is 2.36. The molecule has 0 aromatic carbocycles. The lowest BCUT2D eigenvalue weighted by molar-refractivity contribution is -0.143. The fraction of sp³-hybridized carbons (Fsp3) is 0.692. The minimum Gasteiger partial charge on any atom is -0.481 e. The van der Waals surface area contributed by atoms with Gasteiger partial charge in [0.05, 0.1) is 17.9 Å². The van der Waals surface area contributed by atoms with Crippen molar-refractivity contribution in [1.29, 1.82) is 0 Å². The number of hydrogen-bond acceptors (Lipinski definition) is 3. The van der Waals surface area contributed by atoms with Crippen molar-refractivity contribution >= 4 is 5.97 Å². The van der Waals surface area contributed by atoms with Gasteiger partial charge in [-0.05, 0) is 32.2 Å². The van der Waals surface area contributed by atoms with Gasteiger partial charge in [-0.3, -0.25) is 9.69 Å². The molecule has 1 saturated heterocycles. The average Bonchev–Trinajstić information content (AvgIpc) is 3.11. The number of likely N-dealkylation sites (tertiary alicyclic amines) is 1. The first kappa shape index (κ1) is 11.7. The number of carboxylic acid groups (broad SMARTS) is 1. The second kappa shape index (κ2) is 4.72. The van der Waals surface area contributed by atoms with Crippen molar-refractivity contribution in [3.05, 3.63) is 18.2 Å². The lowest BCUT2D eigenvalue weighted by atomic mass is 9.98. The van der Waals surface area contributed by atoms with Gasteiger partial charge in [-0.2, -0.15) is 0 Å². The Hall–Kier alpha value is -1.36. The molecule has 0 bridgehead atoms. The van der Waals surface area contributed by atoms with Crippen LogP contribution in [0, 0.1) is 5.92 Å². The van der Waals surface area contributed by atoms with Crippen molar-refractivity contribution < 1.29 is 9.90 Å². The molecule has 2 aliphatic rings. The fourth-order valence-corrected chi connectivity index (χ4v) is 2.77. The van der Waals surface area contributed by atoms with E-state index in [0.29, 0.717) is 12.6 Å². The molecule has 1 aromatic rings. The summed E-state index contributed by atoms with van der Waals surface area (Å²) in [5, 5.41) is 9.09. The summed E-state index contributed by atoms with van der Waals surface area (Å²) in [5.74, 6) is -0.855. The zero-order chi connectivity index (χ0) is 12.5. The number of rotatable bonds is 4.